The Morgan fingerprint density at radius 2 is 1.78 bits per heavy atom. The molecule has 0 aliphatic carbocycles. The van der Waals surface area contributed by atoms with Crippen LogP contribution in [0.5, 0.6) is 0 Å². The summed E-state index contributed by atoms with van der Waals surface area (Å²) in [6.45, 7) is 4.57. The first kappa shape index (κ1) is 17.9. The lowest BCUT2D eigenvalue weighted by Gasteiger charge is -2.34. The van der Waals surface area contributed by atoms with E-state index >= 15 is 0 Å². The fraction of sp³-hybridized carbons (Fsp3) is 0.263. The van der Waals surface area contributed by atoms with Gasteiger partial charge in [0, 0.05) is 44.1 Å². The standard InChI is InChI=1S/C19H18ClN5OS/c1-13-16(27-17(23-13)14-5-2-3-6-15(14)20)18(26)24-9-11-25(12-10-24)19-21-7-4-8-22-19/h2-8H,9-12H2,1H3. The molecule has 1 aromatic carbocycles. The minimum absolute atomic E-state index is 0.0249. The molecule has 1 aliphatic heterocycles. The number of aromatic nitrogens is 3. The van der Waals surface area contributed by atoms with Crippen molar-refractivity contribution in [3.05, 3.63) is 58.3 Å². The second-order valence-electron chi connectivity index (χ2n) is 6.24. The molecule has 2 aromatic heterocycles. The van der Waals surface area contributed by atoms with E-state index in [1.165, 1.54) is 11.3 Å². The minimum Gasteiger partial charge on any atom is -0.337 e. The van der Waals surface area contributed by atoms with Gasteiger partial charge in [-0.2, -0.15) is 0 Å². The number of carbonyl (C=O) groups excluding carboxylic acids is 1. The van der Waals surface area contributed by atoms with E-state index in [9.17, 15) is 4.79 Å². The zero-order valence-corrected chi connectivity index (χ0v) is 16.4. The van der Waals surface area contributed by atoms with E-state index in [1.54, 1.807) is 18.5 Å². The SMILES string of the molecule is Cc1nc(-c2ccccc2Cl)sc1C(=O)N1CCN(c2ncccn2)CC1. The first-order valence-electron chi connectivity index (χ1n) is 8.67. The van der Waals surface area contributed by atoms with Gasteiger partial charge in [0.1, 0.15) is 9.88 Å². The number of rotatable bonds is 3. The van der Waals surface area contributed by atoms with Gasteiger partial charge in [0.15, 0.2) is 0 Å². The van der Waals surface area contributed by atoms with Gasteiger partial charge in [-0.15, -0.1) is 11.3 Å². The number of aryl methyl sites for hydroxylation is 1. The Kier molecular flexibility index (Phi) is 5.05. The van der Waals surface area contributed by atoms with Crippen molar-refractivity contribution >= 4 is 34.8 Å². The van der Waals surface area contributed by atoms with E-state index in [4.69, 9.17) is 11.6 Å². The zero-order valence-electron chi connectivity index (χ0n) is 14.8. The van der Waals surface area contributed by atoms with Crippen LogP contribution in [0.1, 0.15) is 15.4 Å². The van der Waals surface area contributed by atoms with Gasteiger partial charge in [-0.25, -0.2) is 15.0 Å². The van der Waals surface area contributed by atoms with E-state index in [-0.39, 0.29) is 5.91 Å². The molecule has 8 heteroatoms. The normalized spacial score (nSPS) is 14.4. The van der Waals surface area contributed by atoms with Crippen LogP contribution in [0.15, 0.2) is 42.7 Å². The summed E-state index contributed by atoms with van der Waals surface area (Å²) in [7, 11) is 0. The van der Waals surface area contributed by atoms with Gasteiger partial charge < -0.3 is 9.80 Å². The van der Waals surface area contributed by atoms with Crippen molar-refractivity contribution in [2.24, 2.45) is 0 Å². The van der Waals surface area contributed by atoms with Gasteiger partial charge in [0.05, 0.1) is 10.7 Å². The van der Waals surface area contributed by atoms with Crippen molar-refractivity contribution in [3.63, 3.8) is 0 Å². The summed E-state index contributed by atoms with van der Waals surface area (Å²) in [6, 6.07) is 9.36. The van der Waals surface area contributed by atoms with Crippen LogP contribution in [-0.2, 0) is 0 Å². The van der Waals surface area contributed by atoms with E-state index in [0.717, 1.165) is 16.3 Å². The van der Waals surface area contributed by atoms with Crippen LogP contribution < -0.4 is 4.90 Å². The third-order valence-corrected chi connectivity index (χ3v) is 6.01. The number of anilines is 1. The maximum absolute atomic E-state index is 13.0. The number of halogens is 1. The first-order chi connectivity index (χ1) is 13.1. The molecule has 0 bridgehead atoms. The van der Waals surface area contributed by atoms with E-state index in [1.807, 2.05) is 36.1 Å². The molecule has 27 heavy (non-hydrogen) atoms. The van der Waals surface area contributed by atoms with E-state index in [2.05, 4.69) is 19.9 Å². The third kappa shape index (κ3) is 3.65. The summed E-state index contributed by atoms with van der Waals surface area (Å²) < 4.78 is 0. The predicted octanol–water partition coefficient (Wildman–Crippen LogP) is 3.52. The van der Waals surface area contributed by atoms with Crippen LogP contribution in [0, 0.1) is 6.92 Å². The Labute approximate surface area is 166 Å². The molecule has 3 heterocycles. The number of hydrogen-bond acceptors (Lipinski definition) is 6. The number of nitrogens with zero attached hydrogens (tertiary/aromatic N) is 5. The Morgan fingerprint density at radius 3 is 2.48 bits per heavy atom. The highest BCUT2D eigenvalue weighted by atomic mass is 35.5. The van der Waals surface area contributed by atoms with Gasteiger partial charge in [-0.3, -0.25) is 4.79 Å². The number of thiazole rings is 1. The largest absolute Gasteiger partial charge is 0.337 e. The molecule has 1 fully saturated rings. The highest BCUT2D eigenvalue weighted by Gasteiger charge is 2.26. The molecule has 0 saturated carbocycles. The smallest absolute Gasteiger partial charge is 0.265 e. The molecule has 3 aromatic rings. The summed E-state index contributed by atoms with van der Waals surface area (Å²) in [6.07, 6.45) is 3.47. The number of piperazine rings is 1. The van der Waals surface area contributed by atoms with E-state index < -0.39 is 0 Å². The zero-order chi connectivity index (χ0) is 18.8. The fourth-order valence-electron chi connectivity index (χ4n) is 3.05. The summed E-state index contributed by atoms with van der Waals surface area (Å²) in [4.78, 5) is 30.8. The van der Waals surface area contributed by atoms with Crippen LogP contribution in [0.2, 0.25) is 5.02 Å². The monoisotopic (exact) mass is 399 g/mol. The van der Waals surface area contributed by atoms with E-state index in [0.29, 0.717) is 42.0 Å². The number of amides is 1. The maximum Gasteiger partial charge on any atom is 0.265 e. The molecular weight excluding hydrogens is 382 g/mol. The molecule has 1 aliphatic rings. The summed E-state index contributed by atoms with van der Waals surface area (Å²) in [5, 5.41) is 1.42. The molecule has 1 amide bonds. The molecule has 0 spiro atoms. The van der Waals surface area contributed by atoms with Gasteiger partial charge in [-0.1, -0.05) is 29.8 Å². The number of benzene rings is 1. The lowest BCUT2D eigenvalue weighted by Crippen LogP contribution is -2.49. The van der Waals surface area contributed by atoms with Crippen molar-refractivity contribution in [3.8, 4) is 10.6 Å². The maximum atomic E-state index is 13.0. The Hall–Kier alpha value is -2.51. The van der Waals surface area contributed by atoms with Crippen LogP contribution in [0.25, 0.3) is 10.6 Å². The molecule has 0 radical (unpaired) electrons. The average Bonchev–Trinajstić information content (AvgIpc) is 3.10. The molecule has 1 saturated heterocycles. The second-order valence-corrected chi connectivity index (χ2v) is 7.65. The quantitative estimate of drug-likeness (QED) is 0.674. The summed E-state index contributed by atoms with van der Waals surface area (Å²) >= 11 is 7.68. The first-order valence-corrected chi connectivity index (χ1v) is 9.86. The van der Waals surface area contributed by atoms with Crippen LogP contribution >= 0.6 is 22.9 Å². The van der Waals surface area contributed by atoms with Crippen molar-refractivity contribution in [2.75, 3.05) is 31.1 Å². The lowest BCUT2D eigenvalue weighted by molar-refractivity contribution is 0.0750. The highest BCUT2D eigenvalue weighted by molar-refractivity contribution is 7.17. The van der Waals surface area contributed by atoms with Crippen LogP contribution in [0.4, 0.5) is 5.95 Å². The molecule has 0 atom stereocenters. The summed E-state index contributed by atoms with van der Waals surface area (Å²) in [5.74, 6) is 0.733. The molecule has 0 N–H and O–H groups in total. The minimum atomic E-state index is 0.0249. The van der Waals surface area contributed by atoms with Crippen LogP contribution in [0.3, 0.4) is 0 Å². The third-order valence-electron chi connectivity index (χ3n) is 4.50. The second kappa shape index (κ2) is 7.62. The molecular formula is C19H18ClN5OS. The Bertz CT molecular complexity index is 954. The molecule has 4 rings (SSSR count). The average molecular weight is 400 g/mol. The topological polar surface area (TPSA) is 62.2 Å². The molecule has 138 valence electrons. The van der Waals surface area contributed by atoms with Crippen molar-refractivity contribution in [1.29, 1.82) is 0 Å². The fourth-order valence-corrected chi connectivity index (χ4v) is 4.41. The number of carbonyl (C=O) groups is 1. The molecule has 6 nitrogen and oxygen atoms in total. The van der Waals surface area contributed by atoms with Gasteiger partial charge in [0.2, 0.25) is 5.95 Å². The highest BCUT2D eigenvalue weighted by Crippen LogP contribution is 2.33. The lowest BCUT2D eigenvalue weighted by atomic mass is 10.2. The predicted molar refractivity (Wildman–Crippen MR) is 107 cm³/mol. The van der Waals surface area contributed by atoms with Gasteiger partial charge in [-0.05, 0) is 19.1 Å². The van der Waals surface area contributed by atoms with Crippen LogP contribution in [-0.4, -0.2) is 51.9 Å². The van der Waals surface area contributed by atoms with Crippen molar-refractivity contribution in [2.45, 2.75) is 6.92 Å². The van der Waals surface area contributed by atoms with Crippen molar-refractivity contribution < 1.29 is 4.79 Å². The van der Waals surface area contributed by atoms with Gasteiger partial charge in [0.25, 0.3) is 5.91 Å². The molecule has 0 unspecified atom stereocenters. The number of hydrogen-bond donors (Lipinski definition) is 0. The van der Waals surface area contributed by atoms with Crippen molar-refractivity contribution in [1.82, 2.24) is 19.9 Å². The summed E-state index contributed by atoms with van der Waals surface area (Å²) in [5.41, 5.74) is 1.60. The Morgan fingerprint density at radius 1 is 1.07 bits per heavy atom. The van der Waals surface area contributed by atoms with Gasteiger partial charge >= 0.3 is 0 Å². The Balaban J connectivity index is 1.49.